The fraction of sp³-hybridized carbons (Fsp3) is 0.538. The summed E-state index contributed by atoms with van der Waals surface area (Å²) in [6.45, 7) is 5.52. The molecule has 0 saturated carbocycles. The van der Waals surface area contributed by atoms with Gasteiger partial charge in [-0.1, -0.05) is 30.4 Å². The number of nitrogens with zero attached hydrogens (tertiary/aromatic N) is 4. The topological polar surface area (TPSA) is 90.5 Å². The van der Waals surface area contributed by atoms with Crippen LogP contribution in [0.3, 0.4) is 0 Å². The Morgan fingerprint density at radius 1 is 1.06 bits per heavy atom. The summed E-state index contributed by atoms with van der Waals surface area (Å²) >= 11 is 0. The molecule has 0 spiro atoms. The summed E-state index contributed by atoms with van der Waals surface area (Å²) in [5.41, 5.74) is 0.860. The molecule has 2 fully saturated rings. The van der Waals surface area contributed by atoms with Crippen LogP contribution < -0.4 is 4.74 Å². The molecule has 2 saturated heterocycles. The lowest BCUT2D eigenvalue weighted by Crippen LogP contribution is -2.50. The number of benzene rings is 1. The highest BCUT2D eigenvalue weighted by molar-refractivity contribution is 5.84. The van der Waals surface area contributed by atoms with E-state index in [1.165, 1.54) is 6.92 Å². The van der Waals surface area contributed by atoms with Crippen LogP contribution in [0.15, 0.2) is 36.4 Å². The highest BCUT2D eigenvalue weighted by Gasteiger charge is 2.33. The summed E-state index contributed by atoms with van der Waals surface area (Å²) in [4.78, 5) is 56.3. The summed E-state index contributed by atoms with van der Waals surface area (Å²) < 4.78 is 5.99. The summed E-state index contributed by atoms with van der Waals surface area (Å²) in [6, 6.07) is 7.57. The first-order valence-electron chi connectivity index (χ1n) is 12.3. The molecule has 3 aliphatic rings. The Labute approximate surface area is 206 Å². The smallest absolute Gasteiger partial charge is 0.242 e. The molecule has 0 radical (unpaired) electrons. The average Bonchev–Trinajstić information content (AvgIpc) is 2.88. The van der Waals surface area contributed by atoms with Crippen LogP contribution in [0.5, 0.6) is 5.75 Å². The molecule has 4 rings (SSSR count). The van der Waals surface area contributed by atoms with Gasteiger partial charge in [-0.2, -0.15) is 0 Å². The molecule has 1 aromatic rings. The van der Waals surface area contributed by atoms with Crippen LogP contribution >= 0.6 is 0 Å². The molecule has 0 aliphatic carbocycles. The van der Waals surface area contributed by atoms with E-state index < -0.39 is 0 Å². The van der Waals surface area contributed by atoms with E-state index in [-0.39, 0.29) is 36.1 Å². The van der Waals surface area contributed by atoms with E-state index in [0.29, 0.717) is 64.6 Å². The van der Waals surface area contributed by atoms with Gasteiger partial charge in [0.2, 0.25) is 24.1 Å². The predicted molar refractivity (Wildman–Crippen MR) is 129 cm³/mol. The number of ether oxygens (including phenoxy) is 1. The lowest BCUT2D eigenvalue weighted by Gasteiger charge is -2.39. The number of hydrogen-bond donors (Lipinski definition) is 0. The van der Waals surface area contributed by atoms with E-state index in [1.807, 2.05) is 40.1 Å². The minimum absolute atomic E-state index is 0.0186. The van der Waals surface area contributed by atoms with Gasteiger partial charge >= 0.3 is 0 Å². The molecule has 188 valence electrons. The molecule has 2 bridgehead atoms. The molecular formula is C26H34N4O5. The molecule has 9 heteroatoms. The van der Waals surface area contributed by atoms with Crippen molar-refractivity contribution < 1.29 is 23.9 Å². The zero-order valence-electron chi connectivity index (χ0n) is 20.3. The van der Waals surface area contributed by atoms with Crippen molar-refractivity contribution in [3.05, 3.63) is 42.0 Å². The predicted octanol–water partition coefficient (Wildman–Crippen LogP) is 1.14. The highest BCUT2D eigenvalue weighted by Crippen LogP contribution is 2.29. The van der Waals surface area contributed by atoms with Crippen molar-refractivity contribution in [2.45, 2.75) is 26.3 Å². The second-order valence-electron chi connectivity index (χ2n) is 9.50. The fourth-order valence-electron chi connectivity index (χ4n) is 5.05. The molecule has 3 aliphatic heterocycles. The van der Waals surface area contributed by atoms with Crippen molar-refractivity contribution in [1.29, 1.82) is 0 Å². The number of carbonyl (C=O) groups excluding carboxylic acids is 4. The van der Waals surface area contributed by atoms with Gasteiger partial charge in [-0.3, -0.25) is 19.2 Å². The van der Waals surface area contributed by atoms with Gasteiger partial charge in [-0.05, 0) is 24.3 Å². The lowest BCUT2D eigenvalue weighted by molar-refractivity contribution is -0.142. The number of carbonyl (C=O) groups is 4. The van der Waals surface area contributed by atoms with E-state index in [9.17, 15) is 19.2 Å². The molecule has 2 atom stereocenters. The molecule has 0 aromatic heterocycles. The van der Waals surface area contributed by atoms with Crippen molar-refractivity contribution in [1.82, 2.24) is 19.6 Å². The first-order chi connectivity index (χ1) is 16.9. The molecule has 0 N–H and O–H groups in total. The third-order valence-electron chi connectivity index (χ3n) is 7.24. The number of hydrogen-bond acceptors (Lipinski definition) is 5. The summed E-state index contributed by atoms with van der Waals surface area (Å²) in [5.74, 6) is 0.703. The van der Waals surface area contributed by atoms with E-state index in [2.05, 4.69) is 6.08 Å². The van der Waals surface area contributed by atoms with Crippen LogP contribution in [0.4, 0.5) is 0 Å². The molecule has 0 unspecified atom stereocenters. The van der Waals surface area contributed by atoms with Crippen molar-refractivity contribution in [2.75, 3.05) is 52.4 Å². The normalized spacial score (nSPS) is 23.4. The van der Waals surface area contributed by atoms with Gasteiger partial charge in [0.1, 0.15) is 18.9 Å². The van der Waals surface area contributed by atoms with Crippen molar-refractivity contribution >= 4 is 24.1 Å². The van der Waals surface area contributed by atoms with Crippen LogP contribution in [0.25, 0.3) is 0 Å². The Morgan fingerprint density at radius 2 is 1.83 bits per heavy atom. The fourth-order valence-corrected chi connectivity index (χ4v) is 5.05. The summed E-state index contributed by atoms with van der Waals surface area (Å²) in [5, 5.41) is 0. The summed E-state index contributed by atoms with van der Waals surface area (Å²) in [7, 11) is 0. The lowest BCUT2D eigenvalue weighted by atomic mass is 9.82. The molecule has 9 nitrogen and oxygen atoms in total. The first kappa shape index (κ1) is 24.8. The quantitative estimate of drug-likeness (QED) is 0.476. The maximum Gasteiger partial charge on any atom is 0.242 e. The highest BCUT2D eigenvalue weighted by atomic mass is 16.5. The molecule has 35 heavy (non-hydrogen) atoms. The molecule has 1 aromatic carbocycles. The van der Waals surface area contributed by atoms with Crippen LogP contribution in [0, 0.1) is 11.8 Å². The Morgan fingerprint density at radius 3 is 2.57 bits per heavy atom. The van der Waals surface area contributed by atoms with Crippen LogP contribution in [0.2, 0.25) is 0 Å². The van der Waals surface area contributed by atoms with Gasteiger partial charge < -0.3 is 24.3 Å². The summed E-state index contributed by atoms with van der Waals surface area (Å²) in [6.07, 6.45) is 6.02. The number of para-hydroxylation sites is 1. The van der Waals surface area contributed by atoms with Gasteiger partial charge in [-0.15, -0.1) is 0 Å². The minimum atomic E-state index is -0.159. The number of amides is 4. The third-order valence-corrected chi connectivity index (χ3v) is 7.24. The van der Waals surface area contributed by atoms with E-state index >= 15 is 0 Å². The van der Waals surface area contributed by atoms with Gasteiger partial charge in [-0.25, -0.2) is 0 Å². The Balaban J connectivity index is 1.48. The monoisotopic (exact) mass is 482 g/mol. The Bertz CT molecular complexity index is 972. The van der Waals surface area contributed by atoms with Gasteiger partial charge in [0.05, 0.1) is 0 Å². The standard InChI is InChI=1S/C26H34N4O5/c1-20(32)30-17-23-5-2-3-7-24(23)35-14-4-6-22-16-29(26(34)18-30)9-8-21(22)15-25(33)28-12-10-27(19-31)11-13-28/h2-7,19,21-22H,8-18H2,1H3/t21-,22-/m0/s1. The van der Waals surface area contributed by atoms with Gasteiger partial charge in [0.15, 0.2) is 0 Å². The van der Waals surface area contributed by atoms with Crippen molar-refractivity contribution in [2.24, 2.45) is 11.8 Å². The van der Waals surface area contributed by atoms with Gasteiger partial charge in [0, 0.05) is 64.7 Å². The number of rotatable bonds is 3. The second kappa shape index (κ2) is 11.4. The number of piperidine rings is 1. The van der Waals surface area contributed by atoms with E-state index in [1.54, 1.807) is 9.80 Å². The largest absolute Gasteiger partial charge is 0.489 e. The number of piperazine rings is 1. The van der Waals surface area contributed by atoms with Crippen molar-refractivity contribution in [3.63, 3.8) is 0 Å². The molecule has 4 amide bonds. The van der Waals surface area contributed by atoms with Crippen LogP contribution in [-0.4, -0.2) is 96.2 Å². The Kier molecular flexibility index (Phi) is 8.05. The Hall–Kier alpha value is -3.36. The van der Waals surface area contributed by atoms with E-state index in [0.717, 1.165) is 18.4 Å². The van der Waals surface area contributed by atoms with Crippen molar-refractivity contribution in [3.8, 4) is 5.75 Å². The molecule has 3 heterocycles. The van der Waals surface area contributed by atoms with Crippen LogP contribution in [0.1, 0.15) is 25.3 Å². The minimum Gasteiger partial charge on any atom is -0.489 e. The third kappa shape index (κ3) is 6.21. The zero-order valence-corrected chi connectivity index (χ0v) is 20.3. The van der Waals surface area contributed by atoms with E-state index in [4.69, 9.17) is 4.74 Å². The van der Waals surface area contributed by atoms with Gasteiger partial charge in [0.25, 0.3) is 0 Å². The first-order valence-corrected chi connectivity index (χ1v) is 12.3. The zero-order chi connectivity index (χ0) is 24.8. The SMILES string of the molecule is CC(=O)N1CC(=O)N2CC[C@@H](CC(=O)N3CCN(C=O)CC3)[C@@H](C=CCOc3ccccc3C1)C2. The maximum absolute atomic E-state index is 13.2. The van der Waals surface area contributed by atoms with Crippen LogP contribution in [-0.2, 0) is 25.7 Å². The maximum atomic E-state index is 13.2. The number of fused-ring (bicyclic) bond motifs is 3. The second-order valence-corrected chi connectivity index (χ2v) is 9.50. The molecular weight excluding hydrogens is 448 g/mol. The average molecular weight is 483 g/mol.